The van der Waals surface area contributed by atoms with Crippen LogP contribution in [-0.2, 0) is 4.79 Å². The van der Waals surface area contributed by atoms with Crippen molar-refractivity contribution < 1.29 is 19.0 Å². The van der Waals surface area contributed by atoms with E-state index in [0.717, 1.165) is 0 Å². The lowest BCUT2D eigenvalue weighted by Gasteiger charge is -2.11. The van der Waals surface area contributed by atoms with Crippen molar-refractivity contribution >= 4 is 39.7 Å². The Bertz CT molecular complexity index is 1350. The molecule has 4 rings (SSSR count). The first kappa shape index (κ1) is 22.6. The highest BCUT2D eigenvalue weighted by molar-refractivity contribution is 8.01. The largest absolute Gasteiger partial charge is 0.497 e. The van der Waals surface area contributed by atoms with Gasteiger partial charge in [0.05, 0.1) is 32.8 Å². The molecule has 170 valence electrons. The second kappa shape index (κ2) is 9.88. The first-order valence-electron chi connectivity index (χ1n) is 9.58. The summed E-state index contributed by atoms with van der Waals surface area (Å²) in [7, 11) is 4.63. The molecule has 1 N–H and O–H groups in total. The number of nitrogens with zero attached hydrogens (tertiary/aromatic N) is 4. The fourth-order valence-corrected chi connectivity index (χ4v) is 4.58. The summed E-state index contributed by atoms with van der Waals surface area (Å²) in [5.74, 6) is 1.60. The molecule has 0 saturated heterocycles. The highest BCUT2D eigenvalue weighted by Gasteiger charge is 2.16. The van der Waals surface area contributed by atoms with E-state index in [1.807, 2.05) is 0 Å². The Morgan fingerprint density at radius 2 is 1.76 bits per heavy atom. The standard InChI is InChI=1S/C21H19N5O5S2/c1-29-13-6-4-12(5-7-13)18-19(28)26-20(24-23-18)33-21(25-26)32-11-17(27)22-15-10-14(30-2)8-9-16(15)31-3/h4-10H,11H2,1-3H3,(H,22,27). The summed E-state index contributed by atoms with van der Waals surface area (Å²) < 4.78 is 17.3. The molecule has 0 aliphatic carbocycles. The third-order valence-corrected chi connectivity index (χ3v) is 6.57. The second-order valence-corrected chi connectivity index (χ2v) is 8.73. The molecule has 0 radical (unpaired) electrons. The van der Waals surface area contributed by atoms with Gasteiger partial charge in [-0.3, -0.25) is 9.59 Å². The Balaban J connectivity index is 1.49. The van der Waals surface area contributed by atoms with E-state index in [2.05, 4.69) is 20.6 Å². The molecule has 1 amide bonds. The van der Waals surface area contributed by atoms with Crippen molar-refractivity contribution in [3.8, 4) is 28.5 Å². The maximum atomic E-state index is 12.9. The minimum Gasteiger partial charge on any atom is -0.497 e. The number of methoxy groups -OCH3 is 3. The average Bonchev–Trinajstić information content (AvgIpc) is 3.27. The zero-order valence-electron chi connectivity index (χ0n) is 17.9. The quantitative estimate of drug-likeness (QED) is 0.376. The molecule has 0 aliphatic heterocycles. The van der Waals surface area contributed by atoms with Gasteiger partial charge in [0.2, 0.25) is 10.9 Å². The van der Waals surface area contributed by atoms with Crippen LogP contribution in [-0.4, -0.2) is 52.8 Å². The minimum atomic E-state index is -0.390. The summed E-state index contributed by atoms with van der Waals surface area (Å²) in [4.78, 5) is 25.7. The number of hydrogen-bond acceptors (Lipinski definition) is 10. The number of amides is 1. The number of nitrogens with one attached hydrogen (secondary N) is 1. The normalized spacial score (nSPS) is 10.8. The van der Waals surface area contributed by atoms with E-state index in [4.69, 9.17) is 14.2 Å². The van der Waals surface area contributed by atoms with Gasteiger partial charge in [0.25, 0.3) is 0 Å². The molecule has 0 unspecified atom stereocenters. The second-order valence-electron chi connectivity index (χ2n) is 6.55. The smallest absolute Gasteiger partial charge is 0.302 e. The highest BCUT2D eigenvalue weighted by atomic mass is 32.2. The maximum absolute atomic E-state index is 12.9. The number of anilines is 1. The third-order valence-electron chi connectivity index (χ3n) is 4.54. The number of aromatic nitrogens is 4. The van der Waals surface area contributed by atoms with E-state index >= 15 is 0 Å². The Morgan fingerprint density at radius 1 is 1.03 bits per heavy atom. The maximum Gasteiger partial charge on any atom is 0.302 e. The summed E-state index contributed by atoms with van der Waals surface area (Å²) >= 11 is 2.37. The van der Waals surface area contributed by atoms with E-state index in [1.165, 1.54) is 34.7 Å². The molecule has 2 heterocycles. The van der Waals surface area contributed by atoms with Gasteiger partial charge in [-0.1, -0.05) is 23.1 Å². The Kier molecular flexibility index (Phi) is 6.75. The molecule has 10 nitrogen and oxygen atoms in total. The van der Waals surface area contributed by atoms with Crippen molar-refractivity contribution in [3.05, 3.63) is 52.8 Å². The topological polar surface area (TPSA) is 117 Å². The van der Waals surface area contributed by atoms with Gasteiger partial charge in [-0.25, -0.2) is 0 Å². The molecule has 4 aromatic rings. The Labute approximate surface area is 196 Å². The molecule has 0 spiro atoms. The summed E-state index contributed by atoms with van der Waals surface area (Å²) in [6, 6.07) is 12.1. The number of rotatable bonds is 8. The molecule has 0 bridgehead atoms. The van der Waals surface area contributed by atoms with E-state index in [9.17, 15) is 9.59 Å². The highest BCUT2D eigenvalue weighted by Crippen LogP contribution is 2.30. The van der Waals surface area contributed by atoms with Crippen LogP contribution in [0.3, 0.4) is 0 Å². The monoisotopic (exact) mass is 485 g/mol. The van der Waals surface area contributed by atoms with Gasteiger partial charge in [-0.15, -0.1) is 15.3 Å². The van der Waals surface area contributed by atoms with Crippen LogP contribution < -0.4 is 25.1 Å². The van der Waals surface area contributed by atoms with Crippen molar-refractivity contribution in [3.63, 3.8) is 0 Å². The SMILES string of the molecule is COc1ccc(-c2nnc3sc(SCC(=O)Nc4cc(OC)ccc4OC)nn3c2=O)cc1. The van der Waals surface area contributed by atoms with Gasteiger partial charge in [0.15, 0.2) is 10.0 Å². The summed E-state index contributed by atoms with van der Waals surface area (Å²) in [5.41, 5.74) is 0.896. The molecule has 0 aliphatic rings. The molecule has 0 atom stereocenters. The zero-order valence-corrected chi connectivity index (χ0v) is 19.5. The predicted molar refractivity (Wildman–Crippen MR) is 126 cm³/mol. The third kappa shape index (κ3) is 4.91. The predicted octanol–water partition coefficient (Wildman–Crippen LogP) is 2.97. The molecule has 2 aromatic carbocycles. The molecule has 2 aromatic heterocycles. The molecule has 12 heteroatoms. The molecule has 0 saturated carbocycles. The van der Waals surface area contributed by atoms with Crippen molar-refractivity contribution in [1.82, 2.24) is 19.8 Å². The first-order valence-corrected chi connectivity index (χ1v) is 11.4. The molecule has 33 heavy (non-hydrogen) atoms. The van der Waals surface area contributed by atoms with Gasteiger partial charge in [0.1, 0.15) is 17.2 Å². The van der Waals surface area contributed by atoms with E-state index in [-0.39, 0.29) is 22.9 Å². The Morgan fingerprint density at radius 3 is 2.45 bits per heavy atom. The number of fused-ring (bicyclic) bond motifs is 1. The lowest BCUT2D eigenvalue weighted by Crippen LogP contribution is -2.19. The molecular formula is C21H19N5O5S2. The number of carbonyl (C=O) groups excluding carboxylic acids is 1. The summed E-state index contributed by atoms with van der Waals surface area (Å²) in [6.45, 7) is 0. The van der Waals surface area contributed by atoms with Crippen LogP contribution in [0.2, 0.25) is 0 Å². The van der Waals surface area contributed by atoms with E-state index in [1.54, 1.807) is 56.7 Å². The van der Waals surface area contributed by atoms with Crippen LogP contribution in [0.4, 0.5) is 5.69 Å². The van der Waals surface area contributed by atoms with E-state index < -0.39 is 0 Å². The zero-order chi connectivity index (χ0) is 23.4. The average molecular weight is 486 g/mol. The van der Waals surface area contributed by atoms with Crippen molar-refractivity contribution in [2.24, 2.45) is 0 Å². The number of benzene rings is 2. The summed E-state index contributed by atoms with van der Waals surface area (Å²) in [6.07, 6.45) is 0. The molecular weight excluding hydrogens is 466 g/mol. The summed E-state index contributed by atoms with van der Waals surface area (Å²) in [5, 5.41) is 15.3. The van der Waals surface area contributed by atoms with Gasteiger partial charge in [-0.2, -0.15) is 4.52 Å². The van der Waals surface area contributed by atoms with Crippen molar-refractivity contribution in [2.75, 3.05) is 32.4 Å². The van der Waals surface area contributed by atoms with Crippen LogP contribution in [0, 0.1) is 0 Å². The van der Waals surface area contributed by atoms with Crippen LogP contribution in [0.25, 0.3) is 16.2 Å². The fraction of sp³-hybridized carbons (Fsp3) is 0.190. The molecule has 0 fully saturated rings. The number of ether oxygens (including phenoxy) is 3. The van der Waals surface area contributed by atoms with Gasteiger partial charge < -0.3 is 19.5 Å². The van der Waals surface area contributed by atoms with Gasteiger partial charge >= 0.3 is 5.56 Å². The van der Waals surface area contributed by atoms with E-state index in [0.29, 0.717) is 37.8 Å². The van der Waals surface area contributed by atoms with Crippen molar-refractivity contribution in [1.29, 1.82) is 0 Å². The van der Waals surface area contributed by atoms with Crippen LogP contribution >= 0.6 is 23.1 Å². The number of carbonyl (C=O) groups is 1. The number of thioether (sulfide) groups is 1. The lowest BCUT2D eigenvalue weighted by atomic mass is 10.1. The lowest BCUT2D eigenvalue weighted by molar-refractivity contribution is -0.113. The number of hydrogen-bond donors (Lipinski definition) is 1. The van der Waals surface area contributed by atoms with Crippen LogP contribution in [0.1, 0.15) is 0 Å². The van der Waals surface area contributed by atoms with Crippen LogP contribution in [0.5, 0.6) is 17.2 Å². The van der Waals surface area contributed by atoms with Crippen molar-refractivity contribution in [2.45, 2.75) is 4.34 Å². The van der Waals surface area contributed by atoms with Gasteiger partial charge in [-0.05, 0) is 36.4 Å². The van der Waals surface area contributed by atoms with Crippen LogP contribution in [0.15, 0.2) is 51.6 Å². The minimum absolute atomic E-state index is 0.0771. The first-order chi connectivity index (χ1) is 16.0. The van der Waals surface area contributed by atoms with Gasteiger partial charge in [0, 0.05) is 11.6 Å². The fourth-order valence-electron chi connectivity index (χ4n) is 2.91. The Hall–Kier alpha value is -3.64.